The van der Waals surface area contributed by atoms with Gasteiger partial charge in [-0.25, -0.2) is 0 Å². The average molecular weight is 269 g/mol. The Bertz CT molecular complexity index is 533. The van der Waals surface area contributed by atoms with E-state index in [4.69, 9.17) is 4.74 Å². The van der Waals surface area contributed by atoms with Gasteiger partial charge in [0.25, 0.3) is 0 Å². The first kappa shape index (κ1) is 14.6. The Hall–Kier alpha value is -1.80. The summed E-state index contributed by atoms with van der Waals surface area (Å²) in [6, 6.07) is 17.2. The van der Waals surface area contributed by atoms with Gasteiger partial charge < -0.3 is 10.1 Å². The fraction of sp³-hybridized carbons (Fsp3) is 0.333. The van der Waals surface area contributed by atoms with Crippen LogP contribution in [-0.4, -0.2) is 7.05 Å². The third kappa shape index (κ3) is 3.84. The lowest BCUT2D eigenvalue weighted by atomic mass is 10.1. The number of rotatable bonds is 6. The van der Waals surface area contributed by atoms with E-state index in [1.54, 1.807) is 0 Å². The highest BCUT2D eigenvalue weighted by atomic mass is 16.5. The molecule has 0 spiro atoms. The van der Waals surface area contributed by atoms with Crippen LogP contribution in [-0.2, 0) is 13.0 Å². The smallest absolute Gasteiger partial charge is 0.120 e. The second-order valence-corrected chi connectivity index (χ2v) is 5.04. The normalized spacial score (nSPS) is 12.2. The van der Waals surface area contributed by atoms with Gasteiger partial charge in [0.2, 0.25) is 0 Å². The zero-order valence-corrected chi connectivity index (χ0v) is 12.5. The van der Waals surface area contributed by atoms with Crippen LogP contribution in [0, 0.1) is 0 Å². The van der Waals surface area contributed by atoms with Crippen molar-refractivity contribution < 1.29 is 4.74 Å². The first-order valence-electron chi connectivity index (χ1n) is 7.20. The van der Waals surface area contributed by atoms with E-state index in [-0.39, 0.29) is 0 Å². The van der Waals surface area contributed by atoms with Gasteiger partial charge >= 0.3 is 0 Å². The zero-order chi connectivity index (χ0) is 14.4. The van der Waals surface area contributed by atoms with Crippen molar-refractivity contribution in [1.29, 1.82) is 0 Å². The number of benzene rings is 2. The maximum atomic E-state index is 5.87. The number of hydrogen-bond acceptors (Lipinski definition) is 2. The van der Waals surface area contributed by atoms with Crippen LogP contribution in [0.3, 0.4) is 0 Å². The van der Waals surface area contributed by atoms with Gasteiger partial charge in [0.1, 0.15) is 12.4 Å². The van der Waals surface area contributed by atoms with Crippen molar-refractivity contribution in [2.45, 2.75) is 32.9 Å². The summed E-state index contributed by atoms with van der Waals surface area (Å²) in [4.78, 5) is 0. The summed E-state index contributed by atoms with van der Waals surface area (Å²) in [6.07, 6.45) is 1.07. The molecule has 0 aliphatic carbocycles. The van der Waals surface area contributed by atoms with Gasteiger partial charge in [0.15, 0.2) is 0 Å². The van der Waals surface area contributed by atoms with E-state index in [9.17, 15) is 0 Å². The van der Waals surface area contributed by atoms with Crippen LogP contribution in [0.4, 0.5) is 0 Å². The molecule has 106 valence electrons. The van der Waals surface area contributed by atoms with Crippen molar-refractivity contribution >= 4 is 0 Å². The van der Waals surface area contributed by atoms with Crippen LogP contribution in [0.15, 0.2) is 48.5 Å². The second kappa shape index (κ2) is 7.11. The van der Waals surface area contributed by atoms with Crippen LogP contribution in [0.25, 0.3) is 0 Å². The van der Waals surface area contributed by atoms with Gasteiger partial charge in [-0.2, -0.15) is 0 Å². The highest BCUT2D eigenvalue weighted by Crippen LogP contribution is 2.19. The van der Waals surface area contributed by atoms with E-state index >= 15 is 0 Å². The van der Waals surface area contributed by atoms with E-state index in [1.165, 1.54) is 16.7 Å². The first-order chi connectivity index (χ1) is 9.72. The molecule has 0 radical (unpaired) electrons. The minimum absolute atomic E-state index is 0.336. The Labute approximate surface area is 121 Å². The molecule has 2 rings (SSSR count). The lowest BCUT2D eigenvalue weighted by Gasteiger charge is -2.13. The topological polar surface area (TPSA) is 21.3 Å². The van der Waals surface area contributed by atoms with Crippen molar-refractivity contribution in [3.8, 4) is 5.75 Å². The molecule has 0 aliphatic heterocycles. The summed E-state index contributed by atoms with van der Waals surface area (Å²) in [7, 11) is 1.97. The summed E-state index contributed by atoms with van der Waals surface area (Å²) in [5, 5.41) is 3.24. The van der Waals surface area contributed by atoms with E-state index in [2.05, 4.69) is 55.6 Å². The highest BCUT2D eigenvalue weighted by Gasteiger charge is 2.04. The van der Waals surface area contributed by atoms with E-state index in [1.807, 2.05) is 19.2 Å². The molecule has 0 saturated carbocycles. The van der Waals surface area contributed by atoms with E-state index in [0.29, 0.717) is 12.6 Å². The fourth-order valence-electron chi connectivity index (χ4n) is 2.08. The molecule has 1 atom stereocenters. The van der Waals surface area contributed by atoms with Crippen molar-refractivity contribution in [1.82, 2.24) is 5.32 Å². The average Bonchev–Trinajstić information content (AvgIpc) is 2.53. The van der Waals surface area contributed by atoms with Gasteiger partial charge in [-0.3, -0.25) is 0 Å². The lowest BCUT2D eigenvalue weighted by Crippen LogP contribution is -2.12. The molecule has 0 aromatic heterocycles. The van der Waals surface area contributed by atoms with Gasteiger partial charge in [-0.1, -0.05) is 43.3 Å². The van der Waals surface area contributed by atoms with Crippen molar-refractivity contribution in [3.05, 3.63) is 65.2 Å². The number of nitrogens with one attached hydrogen (secondary N) is 1. The van der Waals surface area contributed by atoms with E-state index in [0.717, 1.165) is 12.2 Å². The Balaban J connectivity index is 1.99. The lowest BCUT2D eigenvalue weighted by molar-refractivity contribution is 0.305. The van der Waals surface area contributed by atoms with Crippen LogP contribution >= 0.6 is 0 Å². The molecule has 0 aliphatic rings. The minimum atomic E-state index is 0.336. The van der Waals surface area contributed by atoms with Crippen LogP contribution in [0.5, 0.6) is 5.75 Å². The van der Waals surface area contributed by atoms with Crippen LogP contribution in [0.1, 0.15) is 36.6 Å². The molecule has 1 unspecified atom stereocenters. The molecular formula is C18H23NO. The van der Waals surface area contributed by atoms with Gasteiger partial charge in [0.05, 0.1) is 0 Å². The Morgan fingerprint density at radius 1 is 1.05 bits per heavy atom. The number of hydrogen-bond donors (Lipinski definition) is 1. The Morgan fingerprint density at radius 2 is 1.75 bits per heavy atom. The number of aryl methyl sites for hydroxylation is 1. The van der Waals surface area contributed by atoms with Gasteiger partial charge in [-0.15, -0.1) is 0 Å². The minimum Gasteiger partial charge on any atom is -0.489 e. The van der Waals surface area contributed by atoms with Crippen LogP contribution in [0.2, 0.25) is 0 Å². The monoisotopic (exact) mass is 269 g/mol. The standard InChI is InChI=1S/C18H23NO/c1-4-15-8-10-16(11-9-15)13-20-18-7-5-6-17(12-18)14(2)19-3/h5-12,14,19H,4,13H2,1-3H3. The van der Waals surface area contributed by atoms with Gasteiger partial charge in [-0.05, 0) is 49.2 Å². The molecular weight excluding hydrogens is 246 g/mol. The molecule has 2 heteroatoms. The summed E-state index contributed by atoms with van der Waals surface area (Å²) in [5.41, 5.74) is 3.80. The van der Waals surface area contributed by atoms with Crippen molar-refractivity contribution in [3.63, 3.8) is 0 Å². The quantitative estimate of drug-likeness (QED) is 0.852. The SMILES string of the molecule is CCc1ccc(COc2cccc(C(C)NC)c2)cc1. The molecule has 0 amide bonds. The van der Waals surface area contributed by atoms with Crippen LogP contribution < -0.4 is 10.1 Å². The molecule has 20 heavy (non-hydrogen) atoms. The Kier molecular flexibility index (Phi) is 5.19. The molecule has 2 aromatic rings. The van der Waals surface area contributed by atoms with Crippen molar-refractivity contribution in [2.24, 2.45) is 0 Å². The maximum Gasteiger partial charge on any atom is 0.120 e. The molecule has 0 bridgehead atoms. The number of ether oxygens (including phenoxy) is 1. The van der Waals surface area contributed by atoms with Crippen molar-refractivity contribution in [2.75, 3.05) is 7.05 Å². The molecule has 0 saturated heterocycles. The second-order valence-electron chi connectivity index (χ2n) is 5.04. The van der Waals surface area contributed by atoms with Gasteiger partial charge in [0, 0.05) is 6.04 Å². The largest absolute Gasteiger partial charge is 0.489 e. The predicted octanol–water partition coefficient (Wildman–Crippen LogP) is 4.11. The molecule has 0 fully saturated rings. The molecule has 1 N–H and O–H groups in total. The summed E-state index contributed by atoms with van der Waals surface area (Å²) < 4.78 is 5.87. The van der Waals surface area contributed by atoms with E-state index < -0.39 is 0 Å². The predicted molar refractivity (Wildman–Crippen MR) is 84.1 cm³/mol. The molecule has 0 heterocycles. The third-order valence-corrected chi connectivity index (χ3v) is 3.63. The zero-order valence-electron chi connectivity index (χ0n) is 12.5. The summed E-state index contributed by atoms with van der Waals surface area (Å²) in [5.74, 6) is 0.921. The maximum absolute atomic E-state index is 5.87. The third-order valence-electron chi connectivity index (χ3n) is 3.63. The fourth-order valence-corrected chi connectivity index (χ4v) is 2.08. The highest BCUT2D eigenvalue weighted by molar-refractivity contribution is 5.31. The first-order valence-corrected chi connectivity index (χ1v) is 7.20. The summed E-state index contributed by atoms with van der Waals surface area (Å²) in [6.45, 7) is 4.92. The molecule has 2 nitrogen and oxygen atoms in total. The Morgan fingerprint density at radius 3 is 2.40 bits per heavy atom. The molecule has 2 aromatic carbocycles. The summed E-state index contributed by atoms with van der Waals surface area (Å²) >= 11 is 0.